The fourth-order valence-electron chi connectivity index (χ4n) is 1.65. The summed E-state index contributed by atoms with van der Waals surface area (Å²) >= 11 is 0. The minimum atomic E-state index is -0.565. The topological polar surface area (TPSA) is 117 Å². The summed E-state index contributed by atoms with van der Waals surface area (Å²) in [6.45, 7) is 0. The van der Waals surface area contributed by atoms with Gasteiger partial charge in [-0.1, -0.05) is 0 Å². The third-order valence-corrected chi connectivity index (χ3v) is 2.58. The van der Waals surface area contributed by atoms with E-state index >= 15 is 0 Å². The summed E-state index contributed by atoms with van der Waals surface area (Å²) in [4.78, 5) is 25.3. The predicted octanol–water partition coefficient (Wildman–Crippen LogP) is 0.924. The van der Waals surface area contributed by atoms with Crippen LogP contribution in [0.1, 0.15) is 10.4 Å². The number of hydrogen-bond donors (Lipinski definition) is 4. The van der Waals surface area contributed by atoms with Gasteiger partial charge in [-0.05, 0) is 12.1 Å². The summed E-state index contributed by atoms with van der Waals surface area (Å²) in [6, 6.07) is 6.99. The van der Waals surface area contributed by atoms with Crippen molar-refractivity contribution in [1.29, 1.82) is 0 Å². The molecule has 1 aromatic heterocycles. The first-order chi connectivity index (χ1) is 9.49. The average Bonchev–Trinajstić information content (AvgIpc) is 2.39. The van der Waals surface area contributed by atoms with Crippen molar-refractivity contribution in [3.63, 3.8) is 0 Å². The number of aromatic amines is 1. The van der Waals surface area contributed by atoms with E-state index in [2.05, 4.69) is 10.3 Å². The van der Waals surface area contributed by atoms with Gasteiger partial charge >= 0.3 is 0 Å². The Balaban J connectivity index is 2.25. The number of benzene rings is 1. The van der Waals surface area contributed by atoms with Crippen molar-refractivity contribution in [3.8, 4) is 11.6 Å². The SMILES string of the molecule is COc1cc(NC(=O)c2cc(O)[nH]c(=O)c2)ccc1N. The number of hydrogen-bond acceptors (Lipinski definition) is 5. The zero-order chi connectivity index (χ0) is 14.7. The molecular weight excluding hydrogens is 262 g/mol. The quantitative estimate of drug-likeness (QED) is 0.621. The Morgan fingerprint density at radius 2 is 2.10 bits per heavy atom. The van der Waals surface area contributed by atoms with E-state index in [4.69, 9.17) is 10.5 Å². The number of ether oxygens (including phenoxy) is 1. The van der Waals surface area contributed by atoms with Gasteiger partial charge in [-0.2, -0.15) is 0 Å². The lowest BCUT2D eigenvalue weighted by Crippen LogP contribution is -2.16. The molecule has 20 heavy (non-hydrogen) atoms. The molecule has 0 spiro atoms. The molecule has 0 aliphatic rings. The number of H-pyrrole nitrogens is 1. The number of amides is 1. The zero-order valence-corrected chi connectivity index (χ0v) is 10.6. The highest BCUT2D eigenvalue weighted by molar-refractivity contribution is 6.04. The van der Waals surface area contributed by atoms with Crippen molar-refractivity contribution < 1.29 is 14.6 Å². The molecule has 5 N–H and O–H groups in total. The lowest BCUT2D eigenvalue weighted by molar-refractivity contribution is 0.102. The first kappa shape index (κ1) is 13.5. The molecule has 0 bridgehead atoms. The van der Waals surface area contributed by atoms with Crippen LogP contribution in [0.4, 0.5) is 11.4 Å². The van der Waals surface area contributed by atoms with E-state index in [1.165, 1.54) is 7.11 Å². The monoisotopic (exact) mass is 275 g/mol. The van der Waals surface area contributed by atoms with Crippen LogP contribution in [0.2, 0.25) is 0 Å². The smallest absolute Gasteiger partial charge is 0.256 e. The third-order valence-electron chi connectivity index (χ3n) is 2.58. The minimum Gasteiger partial charge on any atom is -0.495 e. The number of anilines is 2. The fourth-order valence-corrected chi connectivity index (χ4v) is 1.65. The maximum absolute atomic E-state index is 12.0. The molecule has 7 heteroatoms. The van der Waals surface area contributed by atoms with Crippen LogP contribution in [-0.2, 0) is 0 Å². The highest BCUT2D eigenvalue weighted by Crippen LogP contribution is 2.25. The first-order valence-corrected chi connectivity index (χ1v) is 5.68. The number of nitrogens with one attached hydrogen (secondary N) is 2. The summed E-state index contributed by atoms with van der Waals surface area (Å²) in [7, 11) is 1.46. The van der Waals surface area contributed by atoms with E-state index in [-0.39, 0.29) is 11.4 Å². The Hall–Kier alpha value is -2.96. The highest BCUT2D eigenvalue weighted by atomic mass is 16.5. The van der Waals surface area contributed by atoms with E-state index in [0.29, 0.717) is 17.1 Å². The molecule has 0 radical (unpaired) electrons. The average molecular weight is 275 g/mol. The molecule has 104 valence electrons. The maximum atomic E-state index is 12.0. The summed E-state index contributed by atoms with van der Waals surface area (Å²) in [5, 5.41) is 11.8. The number of aromatic hydroxyl groups is 1. The molecule has 0 atom stereocenters. The summed E-state index contributed by atoms with van der Waals surface area (Å²) in [5.74, 6) is -0.479. The minimum absolute atomic E-state index is 0.0436. The molecule has 0 aliphatic carbocycles. The van der Waals surface area contributed by atoms with Crippen LogP contribution < -0.4 is 21.3 Å². The van der Waals surface area contributed by atoms with Crippen LogP contribution in [0, 0.1) is 0 Å². The van der Waals surface area contributed by atoms with Crippen molar-refractivity contribution >= 4 is 17.3 Å². The second-order valence-corrected chi connectivity index (χ2v) is 4.03. The van der Waals surface area contributed by atoms with Crippen LogP contribution in [0.3, 0.4) is 0 Å². The van der Waals surface area contributed by atoms with Gasteiger partial charge in [-0.3, -0.25) is 14.6 Å². The fraction of sp³-hybridized carbons (Fsp3) is 0.0769. The Kier molecular flexibility index (Phi) is 3.60. The molecule has 2 aromatic rings. The van der Waals surface area contributed by atoms with Crippen molar-refractivity contribution in [2.45, 2.75) is 0 Å². The Labute approximate surface area is 114 Å². The molecule has 1 amide bonds. The first-order valence-electron chi connectivity index (χ1n) is 5.68. The second kappa shape index (κ2) is 5.35. The van der Waals surface area contributed by atoms with Crippen molar-refractivity contribution in [2.24, 2.45) is 0 Å². The van der Waals surface area contributed by atoms with E-state index in [0.717, 1.165) is 12.1 Å². The van der Waals surface area contributed by atoms with Crippen LogP contribution >= 0.6 is 0 Å². The molecular formula is C13H13N3O4. The Bertz CT molecular complexity index is 709. The normalized spacial score (nSPS) is 10.1. The van der Waals surface area contributed by atoms with Gasteiger partial charge in [0.2, 0.25) is 0 Å². The summed E-state index contributed by atoms with van der Waals surface area (Å²) in [5.41, 5.74) is 6.05. The van der Waals surface area contributed by atoms with Crippen molar-refractivity contribution in [2.75, 3.05) is 18.2 Å². The van der Waals surface area contributed by atoms with Gasteiger partial charge < -0.3 is 20.9 Å². The molecule has 0 aliphatic heterocycles. The number of nitrogens with two attached hydrogens (primary N) is 1. The van der Waals surface area contributed by atoms with Crippen LogP contribution in [-0.4, -0.2) is 23.1 Å². The Morgan fingerprint density at radius 3 is 2.75 bits per heavy atom. The highest BCUT2D eigenvalue weighted by Gasteiger charge is 2.10. The number of carbonyl (C=O) groups is 1. The molecule has 0 saturated heterocycles. The number of methoxy groups -OCH3 is 1. The van der Waals surface area contributed by atoms with E-state index in [9.17, 15) is 14.7 Å². The number of carbonyl (C=O) groups excluding carboxylic acids is 1. The number of nitrogen functional groups attached to an aromatic ring is 1. The summed E-state index contributed by atoms with van der Waals surface area (Å²) < 4.78 is 5.04. The van der Waals surface area contributed by atoms with Gasteiger partial charge in [0.05, 0.1) is 18.4 Å². The van der Waals surface area contributed by atoms with Gasteiger partial charge in [0, 0.05) is 23.9 Å². The summed E-state index contributed by atoms with van der Waals surface area (Å²) in [6.07, 6.45) is 0. The van der Waals surface area contributed by atoms with Gasteiger partial charge in [0.15, 0.2) is 5.88 Å². The van der Waals surface area contributed by atoms with E-state index in [1.54, 1.807) is 18.2 Å². The lowest BCUT2D eigenvalue weighted by atomic mass is 10.2. The van der Waals surface area contributed by atoms with Gasteiger partial charge in [0.25, 0.3) is 11.5 Å². The molecule has 0 saturated carbocycles. The molecule has 2 rings (SSSR count). The van der Waals surface area contributed by atoms with Crippen molar-refractivity contribution in [3.05, 3.63) is 46.2 Å². The second-order valence-electron chi connectivity index (χ2n) is 4.03. The van der Waals surface area contributed by atoms with Gasteiger partial charge in [-0.25, -0.2) is 0 Å². The van der Waals surface area contributed by atoms with Gasteiger partial charge in [-0.15, -0.1) is 0 Å². The number of pyridine rings is 1. The predicted molar refractivity (Wildman–Crippen MR) is 74.1 cm³/mol. The lowest BCUT2D eigenvalue weighted by Gasteiger charge is -2.09. The van der Waals surface area contributed by atoms with Crippen LogP contribution in [0.15, 0.2) is 35.1 Å². The Morgan fingerprint density at radius 1 is 1.35 bits per heavy atom. The largest absolute Gasteiger partial charge is 0.495 e. The maximum Gasteiger partial charge on any atom is 0.256 e. The van der Waals surface area contributed by atoms with E-state index < -0.39 is 11.5 Å². The standard InChI is InChI=1S/C13H13N3O4/c1-20-10-6-8(2-3-9(10)14)15-13(19)7-4-11(17)16-12(18)5-7/h2-6H,14H2,1H3,(H,15,19)(H2,16,17,18). The van der Waals surface area contributed by atoms with Gasteiger partial charge in [0.1, 0.15) is 5.75 Å². The molecule has 0 unspecified atom stereocenters. The zero-order valence-electron chi connectivity index (χ0n) is 10.6. The molecule has 1 aromatic carbocycles. The van der Waals surface area contributed by atoms with E-state index in [1.807, 2.05) is 0 Å². The number of rotatable bonds is 3. The van der Waals surface area contributed by atoms with Crippen molar-refractivity contribution in [1.82, 2.24) is 4.98 Å². The van der Waals surface area contributed by atoms with Crippen LogP contribution in [0.5, 0.6) is 11.6 Å². The molecule has 0 fully saturated rings. The molecule has 1 heterocycles. The molecule has 7 nitrogen and oxygen atoms in total. The van der Waals surface area contributed by atoms with Crippen LogP contribution in [0.25, 0.3) is 0 Å². The third kappa shape index (κ3) is 2.89. The number of aromatic nitrogens is 1.